The Hall–Kier alpha value is -2.15. The van der Waals surface area contributed by atoms with E-state index in [1.807, 2.05) is 49.2 Å². The zero-order chi connectivity index (χ0) is 17.4. The monoisotopic (exact) mass is 330 g/mol. The molecule has 3 heterocycles. The summed E-state index contributed by atoms with van der Waals surface area (Å²) in [5, 5.41) is 7.88. The van der Waals surface area contributed by atoms with Crippen molar-refractivity contribution in [3.8, 4) is 0 Å². The predicted molar refractivity (Wildman–Crippen MR) is 91.3 cm³/mol. The molecular formula is C17H26N6O. The predicted octanol–water partition coefficient (Wildman–Crippen LogP) is 1.57. The van der Waals surface area contributed by atoms with E-state index in [-0.39, 0.29) is 18.0 Å². The van der Waals surface area contributed by atoms with Gasteiger partial charge in [0.1, 0.15) is 5.82 Å². The molecule has 0 spiro atoms. The highest BCUT2D eigenvalue weighted by molar-refractivity contribution is 5.80. The van der Waals surface area contributed by atoms with Crippen molar-refractivity contribution >= 4 is 5.91 Å². The average molecular weight is 330 g/mol. The topological polar surface area (TPSA) is 68.0 Å². The number of carbonyl (C=O) groups is 1. The molecule has 1 saturated heterocycles. The maximum Gasteiger partial charge on any atom is 0.224 e. The Morgan fingerprint density at radius 3 is 2.75 bits per heavy atom. The van der Waals surface area contributed by atoms with Crippen molar-refractivity contribution in [1.29, 1.82) is 0 Å². The summed E-state index contributed by atoms with van der Waals surface area (Å²) in [4.78, 5) is 18.5. The number of aromatic nitrogens is 4. The van der Waals surface area contributed by atoms with Crippen molar-refractivity contribution in [2.24, 2.45) is 7.05 Å². The molecule has 2 aromatic rings. The maximum atomic E-state index is 12.3. The van der Waals surface area contributed by atoms with Crippen LogP contribution in [0.5, 0.6) is 0 Å². The molecule has 0 aliphatic carbocycles. The lowest BCUT2D eigenvalue weighted by molar-refractivity contribution is -0.127. The summed E-state index contributed by atoms with van der Waals surface area (Å²) in [7, 11) is 3.80. The first-order valence-electron chi connectivity index (χ1n) is 8.39. The van der Waals surface area contributed by atoms with E-state index in [1.165, 1.54) is 0 Å². The standard InChI is InChI=1S/C17H26N6O/c1-11(2)23-7-6-18-15(23)10-19-14-8-16(24)21(4)17(14)13-9-20-22(5)12(13)3/h6-7,9,11,14,17,19H,8,10H2,1-5H3/t14-,17+/m1/s1. The van der Waals surface area contributed by atoms with Gasteiger partial charge in [-0.3, -0.25) is 9.48 Å². The van der Waals surface area contributed by atoms with Crippen LogP contribution in [0.4, 0.5) is 0 Å². The van der Waals surface area contributed by atoms with Gasteiger partial charge in [0.25, 0.3) is 0 Å². The lowest BCUT2D eigenvalue weighted by atomic mass is 10.0. The Morgan fingerprint density at radius 2 is 2.12 bits per heavy atom. The summed E-state index contributed by atoms with van der Waals surface area (Å²) >= 11 is 0. The van der Waals surface area contributed by atoms with Gasteiger partial charge in [0.15, 0.2) is 0 Å². The van der Waals surface area contributed by atoms with E-state index in [0.29, 0.717) is 19.0 Å². The molecule has 0 bridgehead atoms. The van der Waals surface area contributed by atoms with Crippen LogP contribution in [-0.4, -0.2) is 43.2 Å². The van der Waals surface area contributed by atoms with Gasteiger partial charge in [-0.2, -0.15) is 5.10 Å². The van der Waals surface area contributed by atoms with Crippen molar-refractivity contribution in [2.75, 3.05) is 7.05 Å². The lowest BCUT2D eigenvalue weighted by Crippen LogP contribution is -2.35. The number of nitrogens with zero attached hydrogens (tertiary/aromatic N) is 5. The molecule has 7 heteroatoms. The second-order valence-corrected chi connectivity index (χ2v) is 6.79. The Labute approximate surface area is 142 Å². The highest BCUT2D eigenvalue weighted by Gasteiger charge is 2.39. The van der Waals surface area contributed by atoms with Gasteiger partial charge in [0.05, 0.1) is 18.8 Å². The van der Waals surface area contributed by atoms with Crippen LogP contribution >= 0.6 is 0 Å². The zero-order valence-corrected chi connectivity index (χ0v) is 15.0. The van der Waals surface area contributed by atoms with Gasteiger partial charge in [-0.1, -0.05) is 0 Å². The van der Waals surface area contributed by atoms with Gasteiger partial charge < -0.3 is 14.8 Å². The number of nitrogens with one attached hydrogen (secondary N) is 1. The highest BCUT2D eigenvalue weighted by Crippen LogP contribution is 2.33. The van der Waals surface area contributed by atoms with Gasteiger partial charge in [0, 0.05) is 56.3 Å². The van der Waals surface area contributed by atoms with E-state index in [2.05, 4.69) is 33.8 Å². The summed E-state index contributed by atoms with van der Waals surface area (Å²) in [6.07, 6.45) is 6.19. The molecule has 1 fully saturated rings. The second kappa shape index (κ2) is 6.39. The molecule has 2 aromatic heterocycles. The lowest BCUT2D eigenvalue weighted by Gasteiger charge is -2.26. The van der Waals surface area contributed by atoms with Crippen LogP contribution in [0.25, 0.3) is 0 Å². The van der Waals surface area contributed by atoms with Crippen molar-refractivity contribution in [1.82, 2.24) is 29.5 Å². The number of hydrogen-bond acceptors (Lipinski definition) is 4. The van der Waals surface area contributed by atoms with Crippen molar-refractivity contribution < 1.29 is 4.79 Å². The van der Waals surface area contributed by atoms with Crippen molar-refractivity contribution in [2.45, 2.75) is 51.9 Å². The van der Waals surface area contributed by atoms with Crippen molar-refractivity contribution in [3.63, 3.8) is 0 Å². The normalized spacial score (nSPS) is 21.2. The van der Waals surface area contributed by atoms with Crippen LogP contribution < -0.4 is 5.32 Å². The smallest absolute Gasteiger partial charge is 0.224 e. The zero-order valence-electron chi connectivity index (χ0n) is 15.0. The number of aryl methyl sites for hydroxylation is 1. The molecule has 7 nitrogen and oxygen atoms in total. The maximum absolute atomic E-state index is 12.3. The Balaban J connectivity index is 1.79. The molecule has 1 N–H and O–H groups in total. The van der Waals surface area contributed by atoms with Crippen LogP contribution in [0.3, 0.4) is 0 Å². The van der Waals surface area contributed by atoms with E-state index in [0.717, 1.165) is 17.1 Å². The summed E-state index contributed by atoms with van der Waals surface area (Å²) in [5.41, 5.74) is 2.20. The van der Waals surface area contributed by atoms with Gasteiger partial charge in [-0.25, -0.2) is 4.98 Å². The van der Waals surface area contributed by atoms with Gasteiger partial charge in [-0.05, 0) is 20.8 Å². The molecule has 0 saturated carbocycles. The van der Waals surface area contributed by atoms with Gasteiger partial charge in [-0.15, -0.1) is 0 Å². The van der Waals surface area contributed by atoms with Crippen LogP contribution in [0.15, 0.2) is 18.6 Å². The second-order valence-electron chi connectivity index (χ2n) is 6.79. The van der Waals surface area contributed by atoms with Crippen LogP contribution in [0, 0.1) is 6.92 Å². The number of imidazole rings is 1. The Bertz CT molecular complexity index is 731. The first-order chi connectivity index (χ1) is 11.4. The first kappa shape index (κ1) is 16.7. The number of likely N-dealkylation sites (N-methyl/N-ethyl adjacent to an activating group) is 1. The fourth-order valence-corrected chi connectivity index (χ4v) is 3.46. The number of likely N-dealkylation sites (tertiary alicyclic amines) is 1. The molecule has 0 aromatic carbocycles. The van der Waals surface area contributed by atoms with Crippen molar-refractivity contribution in [3.05, 3.63) is 35.7 Å². The summed E-state index contributed by atoms with van der Waals surface area (Å²) in [6, 6.07) is 0.435. The molecule has 1 amide bonds. The Kier molecular flexibility index (Phi) is 4.45. The Morgan fingerprint density at radius 1 is 1.38 bits per heavy atom. The fourth-order valence-electron chi connectivity index (χ4n) is 3.46. The van der Waals surface area contributed by atoms with E-state index >= 15 is 0 Å². The largest absolute Gasteiger partial charge is 0.337 e. The minimum atomic E-state index is 0.00802. The van der Waals surface area contributed by atoms with E-state index in [4.69, 9.17) is 0 Å². The third-order valence-corrected chi connectivity index (χ3v) is 5.01. The average Bonchev–Trinajstić information content (AvgIpc) is 3.20. The van der Waals surface area contributed by atoms with E-state index < -0.39 is 0 Å². The number of amides is 1. The molecule has 0 radical (unpaired) electrons. The third kappa shape index (κ3) is 2.84. The van der Waals surface area contributed by atoms with Gasteiger partial charge in [0.2, 0.25) is 5.91 Å². The molecule has 130 valence electrons. The molecule has 0 unspecified atom stereocenters. The highest BCUT2D eigenvalue weighted by atomic mass is 16.2. The van der Waals surface area contributed by atoms with Crippen LogP contribution in [0.1, 0.15) is 49.4 Å². The van der Waals surface area contributed by atoms with Crippen LogP contribution in [0.2, 0.25) is 0 Å². The number of carbonyl (C=O) groups excluding carboxylic acids is 1. The SMILES string of the molecule is Cc1c([C@H]2[C@H](NCc3nccn3C(C)C)CC(=O)N2C)cnn1C. The molecule has 1 aliphatic heterocycles. The van der Waals surface area contributed by atoms with Gasteiger partial charge >= 0.3 is 0 Å². The van der Waals surface area contributed by atoms with Crippen LogP contribution in [-0.2, 0) is 18.4 Å². The molecule has 24 heavy (non-hydrogen) atoms. The summed E-state index contributed by atoms with van der Waals surface area (Å²) in [6.45, 7) is 6.97. The minimum Gasteiger partial charge on any atom is -0.337 e. The first-order valence-corrected chi connectivity index (χ1v) is 8.39. The summed E-state index contributed by atoms with van der Waals surface area (Å²) in [5.74, 6) is 1.15. The van der Waals surface area contributed by atoms with E-state index in [9.17, 15) is 4.79 Å². The van der Waals surface area contributed by atoms with E-state index in [1.54, 1.807) is 0 Å². The number of rotatable bonds is 5. The molecule has 3 rings (SSSR count). The molecule has 1 aliphatic rings. The summed E-state index contributed by atoms with van der Waals surface area (Å²) < 4.78 is 4.01. The minimum absolute atomic E-state index is 0.00802. The molecular weight excluding hydrogens is 304 g/mol. The number of hydrogen-bond donors (Lipinski definition) is 1. The molecule has 2 atom stereocenters. The quantitative estimate of drug-likeness (QED) is 0.903. The fraction of sp³-hybridized carbons (Fsp3) is 0.588. The third-order valence-electron chi connectivity index (χ3n) is 5.01.